The molecule has 8 heteroatoms. The van der Waals surface area contributed by atoms with Gasteiger partial charge in [-0.05, 0) is 48.6 Å². The molecule has 29 heavy (non-hydrogen) atoms. The normalized spacial score (nSPS) is 20.8. The van der Waals surface area contributed by atoms with Crippen molar-refractivity contribution in [1.29, 1.82) is 0 Å². The number of carbonyl (C=O) groups excluding carboxylic acids is 4. The fourth-order valence-corrected chi connectivity index (χ4v) is 4.74. The van der Waals surface area contributed by atoms with Crippen LogP contribution in [0, 0.1) is 0 Å². The summed E-state index contributed by atoms with van der Waals surface area (Å²) in [6.07, 6.45) is 0.586. The zero-order valence-electron chi connectivity index (χ0n) is 15.5. The van der Waals surface area contributed by atoms with Crippen LogP contribution in [0.2, 0.25) is 0 Å². The number of anilines is 1. The van der Waals surface area contributed by atoms with Crippen molar-refractivity contribution in [2.45, 2.75) is 12.0 Å². The molecule has 4 rings (SSSR count). The Morgan fingerprint density at radius 1 is 1.03 bits per heavy atom. The number of imide groups is 1. The lowest BCUT2D eigenvalue weighted by molar-refractivity contribution is -0.130. The Kier molecular flexibility index (Phi) is 5.10. The van der Waals surface area contributed by atoms with Gasteiger partial charge in [-0.3, -0.25) is 19.3 Å². The number of urea groups is 1. The van der Waals surface area contributed by atoms with E-state index in [9.17, 15) is 19.2 Å². The molecule has 1 atom stereocenters. The standard InChI is InChI=1S/C21H19N3O4S/c25-17(12-24-19(27)21(23-20(24)28)10-11-29-13-21)14-6-8-16(9-7-14)22-18(26)15-4-2-1-3-5-15/h1-9H,10-13H2,(H,22,26)(H,23,28). The maximum atomic E-state index is 12.6. The van der Waals surface area contributed by atoms with Crippen molar-refractivity contribution in [2.75, 3.05) is 23.4 Å². The van der Waals surface area contributed by atoms with Gasteiger partial charge in [-0.1, -0.05) is 18.2 Å². The lowest BCUT2D eigenvalue weighted by atomic mass is 9.99. The third-order valence-corrected chi connectivity index (χ3v) is 6.26. The maximum Gasteiger partial charge on any atom is 0.325 e. The molecule has 2 aliphatic heterocycles. The molecule has 4 amide bonds. The molecule has 0 radical (unpaired) electrons. The van der Waals surface area contributed by atoms with E-state index >= 15 is 0 Å². The first-order valence-electron chi connectivity index (χ1n) is 9.20. The SMILES string of the molecule is O=C(CN1C(=O)NC2(CCSC2)C1=O)c1ccc(NC(=O)c2ccccc2)cc1. The first-order valence-corrected chi connectivity index (χ1v) is 10.4. The molecule has 2 heterocycles. The molecule has 2 fully saturated rings. The minimum Gasteiger partial charge on any atom is -0.322 e. The topological polar surface area (TPSA) is 95.6 Å². The van der Waals surface area contributed by atoms with Crippen LogP contribution in [0.1, 0.15) is 27.1 Å². The van der Waals surface area contributed by atoms with Gasteiger partial charge in [0, 0.05) is 22.6 Å². The number of amides is 4. The number of rotatable bonds is 5. The maximum absolute atomic E-state index is 12.6. The van der Waals surface area contributed by atoms with Gasteiger partial charge in [0.1, 0.15) is 5.54 Å². The van der Waals surface area contributed by atoms with Gasteiger partial charge in [0.2, 0.25) is 0 Å². The summed E-state index contributed by atoms with van der Waals surface area (Å²) in [4.78, 5) is 50.6. The minimum atomic E-state index is -0.854. The van der Waals surface area contributed by atoms with Crippen molar-refractivity contribution in [1.82, 2.24) is 10.2 Å². The van der Waals surface area contributed by atoms with Crippen molar-refractivity contribution in [3.05, 3.63) is 65.7 Å². The van der Waals surface area contributed by atoms with Crippen LogP contribution in [0.15, 0.2) is 54.6 Å². The molecule has 2 aromatic rings. The van der Waals surface area contributed by atoms with Gasteiger partial charge >= 0.3 is 6.03 Å². The summed E-state index contributed by atoms with van der Waals surface area (Å²) in [5.41, 5.74) is 0.593. The predicted octanol–water partition coefficient (Wildman–Crippen LogP) is 2.55. The van der Waals surface area contributed by atoms with E-state index < -0.39 is 11.6 Å². The molecule has 0 saturated carbocycles. The predicted molar refractivity (Wildman–Crippen MR) is 110 cm³/mol. The molecule has 1 unspecified atom stereocenters. The van der Waals surface area contributed by atoms with Crippen molar-refractivity contribution >= 4 is 41.1 Å². The van der Waals surface area contributed by atoms with E-state index in [1.807, 2.05) is 6.07 Å². The first-order chi connectivity index (χ1) is 14.0. The van der Waals surface area contributed by atoms with Crippen LogP contribution in [-0.2, 0) is 4.79 Å². The Morgan fingerprint density at radius 3 is 2.41 bits per heavy atom. The van der Waals surface area contributed by atoms with Gasteiger partial charge in [0.15, 0.2) is 5.78 Å². The fraction of sp³-hybridized carbons (Fsp3) is 0.238. The van der Waals surface area contributed by atoms with Crippen molar-refractivity contribution in [2.24, 2.45) is 0 Å². The summed E-state index contributed by atoms with van der Waals surface area (Å²) in [5.74, 6) is 0.440. The smallest absolute Gasteiger partial charge is 0.322 e. The molecule has 2 saturated heterocycles. The average molecular weight is 409 g/mol. The lowest BCUT2D eigenvalue weighted by Gasteiger charge is -2.19. The second-order valence-corrected chi connectivity index (χ2v) is 8.13. The molecule has 7 nitrogen and oxygen atoms in total. The number of benzene rings is 2. The second-order valence-electron chi connectivity index (χ2n) is 7.03. The first kappa shape index (κ1) is 19.2. The molecule has 1 spiro atoms. The minimum absolute atomic E-state index is 0.247. The molecular formula is C21H19N3O4S. The second kappa shape index (κ2) is 7.71. The molecule has 0 aliphatic carbocycles. The number of hydrogen-bond donors (Lipinski definition) is 2. The van der Waals surface area contributed by atoms with Crippen LogP contribution in [-0.4, -0.2) is 52.1 Å². The monoisotopic (exact) mass is 409 g/mol. The molecular weight excluding hydrogens is 390 g/mol. The van der Waals surface area contributed by atoms with Crippen LogP contribution in [0.3, 0.4) is 0 Å². The summed E-state index contributed by atoms with van der Waals surface area (Å²) in [7, 11) is 0. The number of carbonyl (C=O) groups is 4. The summed E-state index contributed by atoms with van der Waals surface area (Å²) in [6.45, 7) is -0.299. The third kappa shape index (κ3) is 3.75. The summed E-state index contributed by atoms with van der Waals surface area (Å²) >= 11 is 1.62. The van der Waals surface area contributed by atoms with E-state index in [4.69, 9.17) is 0 Å². The van der Waals surface area contributed by atoms with Crippen LogP contribution in [0.5, 0.6) is 0 Å². The number of hydrogen-bond acceptors (Lipinski definition) is 5. The highest BCUT2D eigenvalue weighted by atomic mass is 32.2. The Hall–Kier alpha value is -3.13. The Balaban J connectivity index is 1.40. The molecule has 2 aliphatic rings. The van der Waals surface area contributed by atoms with Gasteiger partial charge in [-0.2, -0.15) is 11.8 Å². The van der Waals surface area contributed by atoms with Gasteiger partial charge < -0.3 is 10.6 Å². The zero-order chi connectivity index (χ0) is 20.4. The number of thioether (sulfide) groups is 1. The summed E-state index contributed by atoms with van der Waals surface area (Å²) in [6, 6.07) is 14.7. The largest absolute Gasteiger partial charge is 0.325 e. The van der Waals surface area contributed by atoms with E-state index in [1.54, 1.807) is 60.3 Å². The van der Waals surface area contributed by atoms with E-state index in [0.717, 1.165) is 10.7 Å². The highest BCUT2D eigenvalue weighted by molar-refractivity contribution is 7.99. The van der Waals surface area contributed by atoms with Crippen LogP contribution < -0.4 is 10.6 Å². The number of nitrogens with zero attached hydrogens (tertiary/aromatic N) is 1. The molecule has 2 aromatic carbocycles. The van der Waals surface area contributed by atoms with E-state index in [2.05, 4.69) is 10.6 Å². The Bertz CT molecular complexity index is 969. The number of nitrogens with one attached hydrogen (secondary N) is 2. The fourth-order valence-electron chi connectivity index (χ4n) is 3.42. The zero-order valence-corrected chi connectivity index (χ0v) is 16.3. The van der Waals surface area contributed by atoms with Crippen molar-refractivity contribution in [3.8, 4) is 0 Å². The van der Waals surface area contributed by atoms with Crippen molar-refractivity contribution in [3.63, 3.8) is 0 Å². The molecule has 0 aromatic heterocycles. The van der Waals surface area contributed by atoms with E-state index in [1.165, 1.54) is 0 Å². The van der Waals surface area contributed by atoms with E-state index in [-0.39, 0.29) is 24.1 Å². The summed E-state index contributed by atoms with van der Waals surface area (Å²) in [5, 5.41) is 5.51. The molecule has 0 bridgehead atoms. The lowest BCUT2D eigenvalue weighted by Crippen LogP contribution is -2.47. The van der Waals surface area contributed by atoms with E-state index in [0.29, 0.717) is 29.0 Å². The van der Waals surface area contributed by atoms with Crippen LogP contribution in [0.4, 0.5) is 10.5 Å². The molecule has 2 N–H and O–H groups in total. The summed E-state index contributed by atoms with van der Waals surface area (Å²) < 4.78 is 0. The highest BCUT2D eigenvalue weighted by Crippen LogP contribution is 2.33. The quantitative estimate of drug-likeness (QED) is 0.585. The van der Waals surface area contributed by atoms with Gasteiger partial charge in [0.25, 0.3) is 11.8 Å². The number of ketones is 1. The molecule has 148 valence electrons. The highest BCUT2D eigenvalue weighted by Gasteiger charge is 2.53. The number of Topliss-reactive ketones (excluding diaryl/α,β-unsaturated/α-hetero) is 1. The van der Waals surface area contributed by atoms with Gasteiger partial charge in [-0.15, -0.1) is 0 Å². The average Bonchev–Trinajstić information content (AvgIpc) is 3.29. The van der Waals surface area contributed by atoms with Gasteiger partial charge in [-0.25, -0.2) is 4.79 Å². The van der Waals surface area contributed by atoms with Crippen LogP contribution in [0.25, 0.3) is 0 Å². The Labute approximate surface area is 171 Å². The third-order valence-electron chi connectivity index (χ3n) is 5.07. The Morgan fingerprint density at radius 2 is 1.76 bits per heavy atom. The van der Waals surface area contributed by atoms with Crippen LogP contribution >= 0.6 is 11.8 Å². The van der Waals surface area contributed by atoms with Crippen molar-refractivity contribution < 1.29 is 19.2 Å². The van der Waals surface area contributed by atoms with Gasteiger partial charge in [0.05, 0.1) is 6.54 Å².